The summed E-state index contributed by atoms with van der Waals surface area (Å²) in [5.41, 5.74) is 10.3. The number of benzene rings is 1. The molecule has 0 saturated heterocycles. The molecule has 0 spiro atoms. The summed E-state index contributed by atoms with van der Waals surface area (Å²) in [6.45, 7) is 0.283. The predicted octanol–water partition coefficient (Wildman–Crippen LogP) is 1.52. The lowest BCUT2D eigenvalue weighted by Gasteiger charge is -2.00. The van der Waals surface area contributed by atoms with E-state index in [1.165, 1.54) is 24.3 Å². The standard InChI is InChI=1S/C9H10F2N2/c10-8-6(2-1-5-12)3-4-7(13)9(8)11/h1-4H,5,12-13H2. The second-order valence-electron chi connectivity index (χ2n) is 2.51. The van der Waals surface area contributed by atoms with Gasteiger partial charge in [0.25, 0.3) is 0 Å². The van der Waals surface area contributed by atoms with Gasteiger partial charge in [0.15, 0.2) is 11.6 Å². The van der Waals surface area contributed by atoms with Gasteiger partial charge in [0.05, 0.1) is 5.69 Å². The van der Waals surface area contributed by atoms with Gasteiger partial charge < -0.3 is 11.5 Å². The van der Waals surface area contributed by atoms with Crippen LogP contribution in [0.4, 0.5) is 14.5 Å². The lowest BCUT2D eigenvalue weighted by atomic mass is 10.1. The number of nitrogens with two attached hydrogens (primary N) is 2. The monoisotopic (exact) mass is 184 g/mol. The highest BCUT2D eigenvalue weighted by Gasteiger charge is 2.08. The topological polar surface area (TPSA) is 52.0 Å². The Kier molecular flexibility index (Phi) is 2.97. The van der Waals surface area contributed by atoms with Crippen molar-refractivity contribution in [3.05, 3.63) is 35.4 Å². The molecule has 0 heterocycles. The first kappa shape index (κ1) is 9.67. The van der Waals surface area contributed by atoms with Crippen molar-refractivity contribution in [3.8, 4) is 0 Å². The lowest BCUT2D eigenvalue weighted by molar-refractivity contribution is 0.510. The number of hydrogen-bond donors (Lipinski definition) is 2. The number of nitrogen functional groups attached to an aromatic ring is 1. The van der Waals surface area contributed by atoms with Crippen molar-refractivity contribution in [3.63, 3.8) is 0 Å². The van der Waals surface area contributed by atoms with E-state index in [4.69, 9.17) is 11.5 Å². The first-order chi connectivity index (χ1) is 6.16. The Morgan fingerprint density at radius 2 is 1.92 bits per heavy atom. The second kappa shape index (κ2) is 4.00. The Morgan fingerprint density at radius 3 is 2.54 bits per heavy atom. The van der Waals surface area contributed by atoms with Crippen LogP contribution in [-0.4, -0.2) is 6.54 Å². The first-order valence-electron chi connectivity index (χ1n) is 3.77. The molecule has 70 valence electrons. The third-order valence-electron chi connectivity index (χ3n) is 1.58. The highest BCUT2D eigenvalue weighted by molar-refractivity contribution is 5.55. The third-order valence-corrected chi connectivity index (χ3v) is 1.58. The molecule has 1 rings (SSSR count). The maximum absolute atomic E-state index is 13.0. The molecule has 0 saturated carbocycles. The molecule has 0 aliphatic rings. The Balaban J connectivity index is 3.11. The van der Waals surface area contributed by atoms with Gasteiger partial charge in [0.2, 0.25) is 0 Å². The summed E-state index contributed by atoms with van der Waals surface area (Å²) in [7, 11) is 0. The van der Waals surface area contributed by atoms with Crippen LogP contribution in [0.1, 0.15) is 5.56 Å². The van der Waals surface area contributed by atoms with Crippen LogP contribution >= 0.6 is 0 Å². The highest BCUT2D eigenvalue weighted by atomic mass is 19.2. The number of rotatable bonds is 2. The Labute approximate surface area is 74.8 Å². The molecule has 0 radical (unpaired) electrons. The molecule has 13 heavy (non-hydrogen) atoms. The summed E-state index contributed by atoms with van der Waals surface area (Å²) in [6, 6.07) is 2.72. The fraction of sp³-hybridized carbons (Fsp3) is 0.111. The summed E-state index contributed by atoms with van der Waals surface area (Å²) in [5.74, 6) is -1.95. The number of halogens is 2. The van der Waals surface area contributed by atoms with Gasteiger partial charge in [0, 0.05) is 12.1 Å². The van der Waals surface area contributed by atoms with E-state index >= 15 is 0 Å². The maximum atomic E-state index is 13.0. The van der Waals surface area contributed by atoms with Gasteiger partial charge in [-0.1, -0.05) is 12.2 Å². The predicted molar refractivity (Wildman–Crippen MR) is 48.9 cm³/mol. The van der Waals surface area contributed by atoms with Crippen LogP contribution < -0.4 is 11.5 Å². The van der Waals surface area contributed by atoms with Crippen LogP contribution in [0.3, 0.4) is 0 Å². The van der Waals surface area contributed by atoms with E-state index in [2.05, 4.69) is 0 Å². The Bertz CT molecular complexity index is 335. The normalized spacial score (nSPS) is 11.0. The van der Waals surface area contributed by atoms with E-state index in [1.807, 2.05) is 0 Å². The summed E-state index contributed by atoms with van der Waals surface area (Å²) in [4.78, 5) is 0. The fourth-order valence-electron chi connectivity index (χ4n) is 0.903. The van der Waals surface area contributed by atoms with E-state index in [0.717, 1.165) is 0 Å². The smallest absolute Gasteiger partial charge is 0.182 e. The van der Waals surface area contributed by atoms with Crippen molar-refractivity contribution in [1.29, 1.82) is 0 Å². The van der Waals surface area contributed by atoms with E-state index < -0.39 is 11.6 Å². The summed E-state index contributed by atoms with van der Waals surface area (Å²) in [5, 5.41) is 0. The SMILES string of the molecule is NCC=Cc1ccc(N)c(F)c1F. The molecule has 0 aliphatic carbocycles. The molecule has 0 atom stereocenters. The van der Waals surface area contributed by atoms with Crippen molar-refractivity contribution >= 4 is 11.8 Å². The molecule has 0 unspecified atom stereocenters. The minimum atomic E-state index is -1.01. The van der Waals surface area contributed by atoms with E-state index in [-0.39, 0.29) is 17.8 Å². The van der Waals surface area contributed by atoms with Gasteiger partial charge in [-0.15, -0.1) is 0 Å². The largest absolute Gasteiger partial charge is 0.396 e. The van der Waals surface area contributed by atoms with Crippen LogP contribution in [-0.2, 0) is 0 Å². The van der Waals surface area contributed by atoms with Crippen LogP contribution in [0.25, 0.3) is 6.08 Å². The van der Waals surface area contributed by atoms with E-state index in [0.29, 0.717) is 0 Å². The Hall–Kier alpha value is -1.42. The van der Waals surface area contributed by atoms with Crippen molar-refractivity contribution in [2.75, 3.05) is 12.3 Å². The Morgan fingerprint density at radius 1 is 1.23 bits per heavy atom. The van der Waals surface area contributed by atoms with E-state index in [1.54, 1.807) is 0 Å². The molecule has 0 amide bonds. The first-order valence-corrected chi connectivity index (χ1v) is 3.77. The van der Waals surface area contributed by atoms with Crippen LogP contribution in [0.2, 0.25) is 0 Å². The minimum absolute atomic E-state index is 0.150. The molecule has 0 bridgehead atoms. The van der Waals surface area contributed by atoms with Crippen LogP contribution in [0.15, 0.2) is 18.2 Å². The number of anilines is 1. The molecule has 4 N–H and O–H groups in total. The van der Waals surface area contributed by atoms with Gasteiger partial charge >= 0.3 is 0 Å². The zero-order valence-electron chi connectivity index (χ0n) is 6.93. The van der Waals surface area contributed by atoms with Gasteiger partial charge in [-0.2, -0.15) is 0 Å². The van der Waals surface area contributed by atoms with Crippen LogP contribution in [0, 0.1) is 11.6 Å². The maximum Gasteiger partial charge on any atom is 0.182 e. The van der Waals surface area contributed by atoms with Gasteiger partial charge in [-0.25, -0.2) is 8.78 Å². The highest BCUT2D eigenvalue weighted by Crippen LogP contribution is 2.18. The molecule has 1 aromatic rings. The molecule has 0 aromatic heterocycles. The van der Waals surface area contributed by atoms with Crippen molar-refractivity contribution in [2.24, 2.45) is 5.73 Å². The van der Waals surface area contributed by atoms with Crippen LogP contribution in [0.5, 0.6) is 0 Å². The lowest BCUT2D eigenvalue weighted by Crippen LogP contribution is -1.97. The average Bonchev–Trinajstić information content (AvgIpc) is 2.13. The second-order valence-corrected chi connectivity index (χ2v) is 2.51. The zero-order chi connectivity index (χ0) is 9.84. The molecule has 4 heteroatoms. The molecular weight excluding hydrogens is 174 g/mol. The zero-order valence-corrected chi connectivity index (χ0v) is 6.93. The molecule has 1 aromatic carbocycles. The summed E-state index contributed by atoms with van der Waals surface area (Å²) in [6.07, 6.45) is 2.95. The van der Waals surface area contributed by atoms with Crippen molar-refractivity contribution in [1.82, 2.24) is 0 Å². The van der Waals surface area contributed by atoms with Crippen molar-refractivity contribution < 1.29 is 8.78 Å². The molecular formula is C9H10F2N2. The van der Waals surface area contributed by atoms with Gasteiger partial charge in [-0.3, -0.25) is 0 Å². The van der Waals surface area contributed by atoms with E-state index in [9.17, 15) is 8.78 Å². The van der Waals surface area contributed by atoms with Gasteiger partial charge in [-0.05, 0) is 12.1 Å². The van der Waals surface area contributed by atoms with Gasteiger partial charge in [0.1, 0.15) is 0 Å². The summed E-state index contributed by atoms with van der Waals surface area (Å²) < 4.78 is 25.9. The molecule has 2 nitrogen and oxygen atoms in total. The van der Waals surface area contributed by atoms with Crippen molar-refractivity contribution in [2.45, 2.75) is 0 Å². The minimum Gasteiger partial charge on any atom is -0.396 e. The quantitative estimate of drug-likeness (QED) is 0.684. The fourth-order valence-corrected chi connectivity index (χ4v) is 0.903. The number of hydrogen-bond acceptors (Lipinski definition) is 2. The average molecular weight is 184 g/mol. The summed E-state index contributed by atoms with van der Waals surface area (Å²) >= 11 is 0. The molecule has 0 aliphatic heterocycles. The molecule has 0 fully saturated rings. The third kappa shape index (κ3) is 2.03.